The minimum atomic E-state index is 0.0935. The van der Waals surface area contributed by atoms with E-state index in [9.17, 15) is 4.79 Å². The lowest BCUT2D eigenvalue weighted by atomic mass is 10.0. The Kier molecular flexibility index (Phi) is 2.13. The molecule has 3 heteroatoms. The number of amides is 1. The highest BCUT2D eigenvalue weighted by Gasteiger charge is 2.36. The third kappa shape index (κ3) is 1.61. The number of hydrogen-bond acceptors (Lipinski definition) is 2. The van der Waals surface area contributed by atoms with Crippen molar-refractivity contribution < 1.29 is 4.79 Å². The molecule has 0 aliphatic heterocycles. The summed E-state index contributed by atoms with van der Waals surface area (Å²) in [7, 11) is 0. The number of hydrogen-bond donors (Lipinski definition) is 1. The van der Waals surface area contributed by atoms with E-state index in [-0.39, 0.29) is 5.91 Å². The summed E-state index contributed by atoms with van der Waals surface area (Å²) in [5.74, 6) is 1.39. The van der Waals surface area contributed by atoms with E-state index in [1.807, 2.05) is 17.5 Å². The largest absolute Gasteiger partial charge is 0.348 e. The van der Waals surface area contributed by atoms with Gasteiger partial charge in [-0.05, 0) is 36.1 Å². The molecule has 2 aliphatic carbocycles. The molecule has 78 valence electrons. The Bertz CT molecular complexity index is 396. The van der Waals surface area contributed by atoms with Gasteiger partial charge in [0.05, 0.1) is 4.88 Å². The lowest BCUT2D eigenvalue weighted by Gasteiger charge is -2.19. The molecule has 0 aromatic carbocycles. The van der Waals surface area contributed by atoms with Crippen molar-refractivity contribution in [1.29, 1.82) is 0 Å². The highest BCUT2D eigenvalue weighted by molar-refractivity contribution is 7.12. The Morgan fingerprint density at radius 1 is 1.40 bits per heavy atom. The fourth-order valence-electron chi connectivity index (χ4n) is 2.59. The van der Waals surface area contributed by atoms with Crippen LogP contribution in [0.15, 0.2) is 29.7 Å². The molecule has 0 radical (unpaired) electrons. The smallest absolute Gasteiger partial charge is 0.261 e. The zero-order chi connectivity index (χ0) is 10.3. The van der Waals surface area contributed by atoms with Crippen LogP contribution in [-0.2, 0) is 0 Å². The SMILES string of the molecule is O=C(NC1CC2C=CC1C2)c1cccs1. The summed E-state index contributed by atoms with van der Waals surface area (Å²) < 4.78 is 0. The van der Waals surface area contributed by atoms with Crippen LogP contribution < -0.4 is 5.32 Å². The van der Waals surface area contributed by atoms with Crippen molar-refractivity contribution in [2.45, 2.75) is 18.9 Å². The summed E-state index contributed by atoms with van der Waals surface area (Å²) in [6, 6.07) is 4.16. The number of allylic oxidation sites excluding steroid dienone is 1. The van der Waals surface area contributed by atoms with Crippen LogP contribution in [0.3, 0.4) is 0 Å². The average Bonchev–Trinajstić information content (AvgIpc) is 2.95. The van der Waals surface area contributed by atoms with E-state index >= 15 is 0 Å². The van der Waals surface area contributed by atoms with Crippen molar-refractivity contribution in [3.05, 3.63) is 34.5 Å². The van der Waals surface area contributed by atoms with E-state index in [1.165, 1.54) is 17.8 Å². The highest BCUT2D eigenvalue weighted by atomic mass is 32.1. The molecule has 2 nitrogen and oxygen atoms in total. The molecule has 1 aromatic rings. The van der Waals surface area contributed by atoms with Crippen molar-refractivity contribution in [3.8, 4) is 0 Å². The maximum Gasteiger partial charge on any atom is 0.261 e. The van der Waals surface area contributed by atoms with Crippen LogP contribution in [0.25, 0.3) is 0 Å². The Morgan fingerprint density at radius 3 is 2.93 bits per heavy atom. The average molecular weight is 219 g/mol. The summed E-state index contributed by atoms with van der Waals surface area (Å²) in [6.07, 6.45) is 6.90. The first-order valence-corrected chi connectivity index (χ1v) is 6.23. The van der Waals surface area contributed by atoms with Gasteiger partial charge in [0.2, 0.25) is 0 Å². The van der Waals surface area contributed by atoms with Gasteiger partial charge in [-0.25, -0.2) is 0 Å². The van der Waals surface area contributed by atoms with Gasteiger partial charge >= 0.3 is 0 Å². The molecule has 1 heterocycles. The quantitative estimate of drug-likeness (QED) is 0.760. The summed E-state index contributed by atoms with van der Waals surface area (Å²) in [5, 5.41) is 5.07. The lowest BCUT2D eigenvalue weighted by Crippen LogP contribution is -2.37. The van der Waals surface area contributed by atoms with Crippen LogP contribution in [0.2, 0.25) is 0 Å². The molecule has 0 spiro atoms. The molecule has 1 amide bonds. The first-order chi connectivity index (χ1) is 7.33. The molecule has 15 heavy (non-hydrogen) atoms. The molecule has 1 N–H and O–H groups in total. The minimum Gasteiger partial charge on any atom is -0.348 e. The standard InChI is InChI=1S/C12H13NOS/c14-12(11-2-1-5-15-11)13-10-7-8-3-4-9(10)6-8/h1-5,8-10H,6-7H2,(H,13,14). The fraction of sp³-hybridized carbons (Fsp3) is 0.417. The van der Waals surface area contributed by atoms with Crippen molar-refractivity contribution in [3.63, 3.8) is 0 Å². The van der Waals surface area contributed by atoms with E-state index < -0.39 is 0 Å². The normalized spacial score (nSPS) is 32.1. The van der Waals surface area contributed by atoms with Crippen LogP contribution in [0.5, 0.6) is 0 Å². The number of carbonyl (C=O) groups is 1. The predicted molar refractivity (Wildman–Crippen MR) is 60.9 cm³/mol. The second-order valence-corrected chi connectivity index (χ2v) is 5.29. The summed E-state index contributed by atoms with van der Waals surface area (Å²) in [4.78, 5) is 12.6. The summed E-state index contributed by atoms with van der Waals surface area (Å²) in [6.45, 7) is 0. The van der Waals surface area contributed by atoms with E-state index in [4.69, 9.17) is 0 Å². The maximum absolute atomic E-state index is 11.8. The Morgan fingerprint density at radius 2 is 2.33 bits per heavy atom. The second kappa shape index (κ2) is 3.49. The Balaban J connectivity index is 1.67. The van der Waals surface area contributed by atoms with Gasteiger partial charge in [0, 0.05) is 6.04 Å². The Hall–Kier alpha value is -1.09. The molecule has 3 rings (SSSR count). The second-order valence-electron chi connectivity index (χ2n) is 4.34. The van der Waals surface area contributed by atoms with Crippen molar-refractivity contribution >= 4 is 17.2 Å². The lowest BCUT2D eigenvalue weighted by molar-refractivity contribution is 0.0935. The van der Waals surface area contributed by atoms with Crippen LogP contribution >= 0.6 is 11.3 Å². The molecular weight excluding hydrogens is 206 g/mol. The molecular formula is C12H13NOS. The van der Waals surface area contributed by atoms with Crippen LogP contribution in [0, 0.1) is 11.8 Å². The number of nitrogens with one attached hydrogen (secondary N) is 1. The van der Waals surface area contributed by atoms with E-state index in [0.717, 1.165) is 11.3 Å². The first kappa shape index (κ1) is 9.16. The third-order valence-corrected chi connectivity index (χ3v) is 4.21. The molecule has 3 atom stereocenters. The zero-order valence-electron chi connectivity index (χ0n) is 8.35. The molecule has 2 aliphatic rings. The highest BCUT2D eigenvalue weighted by Crippen LogP contribution is 2.39. The third-order valence-electron chi connectivity index (χ3n) is 3.34. The number of carbonyl (C=O) groups excluding carboxylic acids is 1. The van der Waals surface area contributed by atoms with Crippen LogP contribution in [0.4, 0.5) is 0 Å². The van der Waals surface area contributed by atoms with Gasteiger partial charge in [0.15, 0.2) is 0 Å². The van der Waals surface area contributed by atoms with Gasteiger partial charge in [-0.2, -0.15) is 0 Å². The van der Waals surface area contributed by atoms with Crippen molar-refractivity contribution in [1.82, 2.24) is 5.32 Å². The van der Waals surface area contributed by atoms with Crippen molar-refractivity contribution in [2.75, 3.05) is 0 Å². The minimum absolute atomic E-state index is 0.0935. The van der Waals surface area contributed by atoms with Gasteiger partial charge in [-0.1, -0.05) is 18.2 Å². The van der Waals surface area contributed by atoms with Crippen LogP contribution in [0.1, 0.15) is 22.5 Å². The summed E-state index contributed by atoms with van der Waals surface area (Å²) >= 11 is 1.50. The van der Waals surface area contributed by atoms with Crippen molar-refractivity contribution in [2.24, 2.45) is 11.8 Å². The predicted octanol–water partition coefficient (Wildman–Crippen LogP) is 2.44. The van der Waals surface area contributed by atoms with Crippen LogP contribution in [-0.4, -0.2) is 11.9 Å². The van der Waals surface area contributed by atoms with Gasteiger partial charge in [0.25, 0.3) is 5.91 Å². The molecule has 3 unspecified atom stereocenters. The van der Waals surface area contributed by atoms with E-state index in [0.29, 0.717) is 17.9 Å². The molecule has 1 aromatic heterocycles. The first-order valence-electron chi connectivity index (χ1n) is 5.35. The van der Waals surface area contributed by atoms with E-state index in [1.54, 1.807) is 0 Å². The van der Waals surface area contributed by atoms with Gasteiger partial charge < -0.3 is 5.32 Å². The van der Waals surface area contributed by atoms with Gasteiger partial charge in [0.1, 0.15) is 0 Å². The molecule has 1 saturated carbocycles. The molecule has 0 saturated heterocycles. The molecule has 1 fully saturated rings. The number of rotatable bonds is 2. The maximum atomic E-state index is 11.8. The topological polar surface area (TPSA) is 29.1 Å². The van der Waals surface area contributed by atoms with E-state index in [2.05, 4.69) is 17.5 Å². The fourth-order valence-corrected chi connectivity index (χ4v) is 3.22. The van der Waals surface area contributed by atoms with Gasteiger partial charge in [-0.15, -0.1) is 11.3 Å². The zero-order valence-corrected chi connectivity index (χ0v) is 9.17. The monoisotopic (exact) mass is 219 g/mol. The number of thiophene rings is 1. The van der Waals surface area contributed by atoms with Gasteiger partial charge in [-0.3, -0.25) is 4.79 Å². The summed E-state index contributed by atoms with van der Waals surface area (Å²) in [5.41, 5.74) is 0. The number of fused-ring (bicyclic) bond motifs is 2. The Labute approximate surface area is 93.0 Å². The molecule has 2 bridgehead atoms.